The summed E-state index contributed by atoms with van der Waals surface area (Å²) in [6.07, 6.45) is 16.5. The summed E-state index contributed by atoms with van der Waals surface area (Å²) in [4.78, 5) is 35.7. The Morgan fingerprint density at radius 3 is 2.26 bits per heavy atom. The Hall–Kier alpha value is -2.99. The van der Waals surface area contributed by atoms with E-state index in [1.165, 1.54) is 5.57 Å². The van der Waals surface area contributed by atoms with Gasteiger partial charge in [0.25, 0.3) is 0 Å². The summed E-state index contributed by atoms with van der Waals surface area (Å²) in [5, 5.41) is 19.6. The Balaban J connectivity index is 0.00000821. The van der Waals surface area contributed by atoms with Gasteiger partial charge in [0.05, 0.1) is 6.10 Å². The largest absolute Gasteiger partial charge is 0.478 e. The lowest BCUT2D eigenvalue weighted by Crippen LogP contribution is -2.34. The number of aliphatic hydroxyl groups is 1. The number of aliphatic carboxylic acids is 1. The molecule has 42 heavy (non-hydrogen) atoms. The molecule has 1 heterocycles. The van der Waals surface area contributed by atoms with Crippen molar-refractivity contribution in [1.29, 1.82) is 0 Å². The van der Waals surface area contributed by atoms with Crippen LogP contribution in [0, 0.1) is 29.6 Å². The highest BCUT2D eigenvalue weighted by Crippen LogP contribution is 2.24. The number of ketones is 1. The van der Waals surface area contributed by atoms with Crippen LogP contribution in [0.1, 0.15) is 95.4 Å². The predicted octanol–water partition coefficient (Wildman–Crippen LogP) is 8.20. The Morgan fingerprint density at radius 1 is 1.07 bits per heavy atom. The molecule has 0 saturated carbocycles. The van der Waals surface area contributed by atoms with Crippen molar-refractivity contribution in [3.8, 4) is 0 Å². The average Bonchev–Trinajstić information content (AvgIpc) is 2.92. The monoisotopic (exact) mass is 584 g/mol. The molecule has 0 aromatic carbocycles. The van der Waals surface area contributed by atoms with E-state index >= 15 is 0 Å². The number of Topliss-reactive ketones (excluding diaryl/α,β-unsaturated/α-hetero) is 1. The van der Waals surface area contributed by atoms with Crippen molar-refractivity contribution < 1.29 is 29.3 Å². The molecule has 0 aromatic heterocycles. The molecular weight excluding hydrogens is 528 g/mol. The number of carbonyl (C=O) groups excluding carboxylic acids is 2. The van der Waals surface area contributed by atoms with E-state index in [1.807, 2.05) is 65.8 Å². The molecule has 0 aromatic rings. The zero-order valence-electron chi connectivity index (χ0n) is 27.8. The molecule has 0 fully saturated rings. The van der Waals surface area contributed by atoms with E-state index in [1.54, 1.807) is 20.8 Å². The maximum absolute atomic E-state index is 13.0. The molecular formula is C36H56O6. The van der Waals surface area contributed by atoms with Gasteiger partial charge in [0.1, 0.15) is 11.9 Å². The quantitative estimate of drug-likeness (QED) is 0.114. The molecule has 6 heteroatoms. The molecule has 0 spiro atoms. The van der Waals surface area contributed by atoms with Gasteiger partial charge < -0.3 is 14.9 Å². The van der Waals surface area contributed by atoms with Crippen molar-refractivity contribution in [2.24, 2.45) is 29.6 Å². The molecule has 0 bridgehead atoms. The second-order valence-electron chi connectivity index (χ2n) is 11.5. The number of rotatable bonds is 15. The third-order valence-corrected chi connectivity index (χ3v) is 7.41. The highest BCUT2D eigenvalue weighted by Gasteiger charge is 2.29. The van der Waals surface area contributed by atoms with Crippen molar-refractivity contribution in [1.82, 2.24) is 0 Å². The fraction of sp³-hybridized carbons (Fsp3) is 0.583. The van der Waals surface area contributed by atoms with Crippen LogP contribution in [0.2, 0.25) is 0 Å². The van der Waals surface area contributed by atoms with E-state index in [4.69, 9.17) is 9.84 Å². The van der Waals surface area contributed by atoms with E-state index in [9.17, 15) is 19.5 Å². The maximum Gasteiger partial charge on any atom is 0.334 e. The van der Waals surface area contributed by atoms with Gasteiger partial charge in [0.15, 0.2) is 0 Å². The van der Waals surface area contributed by atoms with Crippen molar-refractivity contribution in [3.63, 3.8) is 0 Å². The van der Waals surface area contributed by atoms with Gasteiger partial charge in [-0.3, -0.25) is 4.79 Å². The van der Waals surface area contributed by atoms with Gasteiger partial charge >= 0.3 is 11.9 Å². The second-order valence-corrected chi connectivity index (χ2v) is 11.5. The number of hydrogen-bond acceptors (Lipinski definition) is 5. The summed E-state index contributed by atoms with van der Waals surface area (Å²) in [5.74, 6) is -1.97. The molecule has 7 unspecified atom stereocenters. The first-order valence-electron chi connectivity index (χ1n) is 15.4. The molecule has 0 radical (unpaired) electrons. The number of allylic oxidation sites excluding steroid dienone is 8. The lowest BCUT2D eigenvalue weighted by atomic mass is 9.83. The van der Waals surface area contributed by atoms with Crippen molar-refractivity contribution >= 4 is 17.7 Å². The molecule has 2 N–H and O–H groups in total. The zero-order chi connectivity index (χ0) is 32.6. The lowest BCUT2D eigenvalue weighted by molar-refractivity contribution is -0.145. The first-order valence-corrected chi connectivity index (χ1v) is 15.4. The van der Waals surface area contributed by atoms with Gasteiger partial charge in [-0.15, -0.1) is 0 Å². The SMILES string of the molecule is CC.CCC(=C/C(C)C/C=C/C(C)=C/C(C)C(=O)C(C)C(O)C(C)C/C(C)=C/C(=O)O)/C=C/C1OC(=O)C(C)=CC1C. The second kappa shape index (κ2) is 20.0. The van der Waals surface area contributed by atoms with E-state index < -0.39 is 18.0 Å². The standard InChI is InChI=1S/C34H50O6.C2H6/c1-10-29(14-15-30-24(5)20-27(8)34(39)40-30)18-22(3)13-11-12-21(2)16-25(6)32(37)28(9)33(38)26(7)17-23(4)19-31(35)36;1-2/h11-12,14-16,18-20,22,24-26,28,30,33,38H,10,13,17H2,1-9H3,(H,35,36);1-2H3/b12-11+,15-14+,21-16+,23-19+,29-18-;. The summed E-state index contributed by atoms with van der Waals surface area (Å²) in [6.45, 7) is 21.2. The van der Waals surface area contributed by atoms with E-state index in [-0.39, 0.29) is 35.6 Å². The van der Waals surface area contributed by atoms with Crippen molar-refractivity contribution in [3.05, 3.63) is 70.9 Å². The molecule has 1 aliphatic heterocycles. The number of carboxylic acids is 1. The van der Waals surface area contributed by atoms with Crippen LogP contribution < -0.4 is 0 Å². The number of esters is 1. The number of carboxylic acid groups (broad SMARTS) is 1. The fourth-order valence-corrected chi connectivity index (χ4v) is 5.01. The normalized spacial score (nSPS) is 22.0. The summed E-state index contributed by atoms with van der Waals surface area (Å²) < 4.78 is 5.52. The summed E-state index contributed by atoms with van der Waals surface area (Å²) in [5.41, 5.74) is 3.50. The van der Waals surface area contributed by atoms with Crippen LogP contribution in [0.15, 0.2) is 70.9 Å². The Labute approximate surface area is 255 Å². The van der Waals surface area contributed by atoms with Gasteiger partial charge in [-0.05, 0) is 57.9 Å². The number of cyclic esters (lactones) is 1. The third kappa shape index (κ3) is 14.3. The molecule has 1 aliphatic rings. The highest BCUT2D eigenvalue weighted by atomic mass is 16.5. The topological polar surface area (TPSA) is 101 Å². The van der Waals surface area contributed by atoms with E-state index in [0.717, 1.165) is 24.5 Å². The Kier molecular flexibility index (Phi) is 18.6. The average molecular weight is 585 g/mol. The van der Waals surface area contributed by atoms with Crippen LogP contribution in [0.4, 0.5) is 0 Å². The minimum absolute atomic E-state index is 0.0359. The van der Waals surface area contributed by atoms with E-state index in [2.05, 4.69) is 32.1 Å². The van der Waals surface area contributed by atoms with Gasteiger partial charge in [0.2, 0.25) is 0 Å². The number of ether oxygens (including phenoxy) is 1. The van der Waals surface area contributed by atoms with Crippen LogP contribution in [0.5, 0.6) is 0 Å². The van der Waals surface area contributed by atoms with Gasteiger partial charge in [-0.1, -0.05) is 109 Å². The third-order valence-electron chi connectivity index (χ3n) is 7.41. The van der Waals surface area contributed by atoms with Crippen molar-refractivity contribution in [2.45, 2.75) is 108 Å². The summed E-state index contributed by atoms with van der Waals surface area (Å²) in [6, 6.07) is 0. The molecule has 6 nitrogen and oxygen atoms in total. The summed E-state index contributed by atoms with van der Waals surface area (Å²) in [7, 11) is 0. The molecule has 0 aliphatic carbocycles. The maximum atomic E-state index is 13.0. The Bertz CT molecular complexity index is 1070. The van der Waals surface area contributed by atoms with Crippen LogP contribution in [-0.4, -0.2) is 40.1 Å². The van der Waals surface area contributed by atoms with Gasteiger partial charge in [0, 0.05) is 29.4 Å². The van der Waals surface area contributed by atoms with Crippen LogP contribution in [0.25, 0.3) is 0 Å². The smallest absolute Gasteiger partial charge is 0.334 e. The zero-order valence-corrected chi connectivity index (χ0v) is 27.8. The molecule has 1 rings (SSSR count). The number of carbonyl (C=O) groups is 3. The van der Waals surface area contributed by atoms with Gasteiger partial charge in [-0.2, -0.15) is 0 Å². The van der Waals surface area contributed by atoms with Crippen molar-refractivity contribution in [2.75, 3.05) is 0 Å². The van der Waals surface area contributed by atoms with Crippen LogP contribution in [-0.2, 0) is 19.1 Å². The first kappa shape index (κ1) is 39.0. The fourth-order valence-electron chi connectivity index (χ4n) is 5.01. The summed E-state index contributed by atoms with van der Waals surface area (Å²) >= 11 is 0. The highest BCUT2D eigenvalue weighted by molar-refractivity contribution is 5.88. The minimum Gasteiger partial charge on any atom is -0.478 e. The lowest BCUT2D eigenvalue weighted by Gasteiger charge is -2.25. The Morgan fingerprint density at radius 2 is 1.69 bits per heavy atom. The molecule has 0 saturated heterocycles. The van der Waals surface area contributed by atoms with Crippen LogP contribution in [0.3, 0.4) is 0 Å². The molecule has 236 valence electrons. The van der Waals surface area contributed by atoms with Crippen LogP contribution >= 0.6 is 0 Å². The molecule has 7 atom stereocenters. The minimum atomic E-state index is -1.01. The predicted molar refractivity (Wildman–Crippen MR) is 173 cm³/mol. The molecule has 0 amide bonds. The first-order chi connectivity index (χ1) is 19.7. The number of aliphatic hydroxyl groups excluding tert-OH is 1. The van der Waals surface area contributed by atoms with Gasteiger partial charge in [-0.25, -0.2) is 9.59 Å². The number of hydrogen-bond donors (Lipinski definition) is 2. The van der Waals surface area contributed by atoms with E-state index in [0.29, 0.717) is 23.5 Å².